The monoisotopic (exact) mass is 262 g/mol. The van der Waals surface area contributed by atoms with E-state index in [2.05, 4.69) is 4.74 Å². The van der Waals surface area contributed by atoms with Crippen molar-refractivity contribution in [3.8, 4) is 0 Å². The Morgan fingerprint density at radius 2 is 2.11 bits per heavy atom. The van der Waals surface area contributed by atoms with Crippen molar-refractivity contribution in [2.24, 2.45) is 5.92 Å². The zero-order chi connectivity index (χ0) is 13.5. The fourth-order valence-electron chi connectivity index (χ4n) is 2.64. The van der Waals surface area contributed by atoms with Crippen molar-refractivity contribution in [3.63, 3.8) is 0 Å². The van der Waals surface area contributed by atoms with Gasteiger partial charge in [0.15, 0.2) is 5.79 Å². The average molecular weight is 262 g/mol. The van der Waals surface area contributed by atoms with E-state index in [4.69, 9.17) is 14.6 Å². The molecular weight excluding hydrogens is 244 g/mol. The number of hydrogen-bond acceptors (Lipinski definition) is 7. The van der Waals surface area contributed by atoms with E-state index in [-0.39, 0.29) is 13.0 Å². The fourth-order valence-corrected chi connectivity index (χ4v) is 2.64. The topological polar surface area (TPSA) is 105 Å². The van der Waals surface area contributed by atoms with Crippen LogP contribution >= 0.6 is 0 Å². The lowest BCUT2D eigenvalue weighted by Gasteiger charge is -2.29. The third-order valence-electron chi connectivity index (χ3n) is 3.67. The van der Waals surface area contributed by atoms with E-state index in [0.717, 1.165) is 0 Å². The summed E-state index contributed by atoms with van der Waals surface area (Å²) >= 11 is 0. The third-order valence-corrected chi connectivity index (χ3v) is 3.67. The van der Waals surface area contributed by atoms with E-state index in [9.17, 15) is 15.0 Å². The molecular formula is C11H18O7. The normalized spacial score (nSPS) is 47.1. The number of methoxy groups -OCH3 is 1. The van der Waals surface area contributed by atoms with Gasteiger partial charge < -0.3 is 29.5 Å². The highest BCUT2D eigenvalue weighted by Gasteiger charge is 2.64. The maximum Gasteiger partial charge on any atom is 0.316 e. The summed E-state index contributed by atoms with van der Waals surface area (Å²) in [6.45, 7) is 1.28. The van der Waals surface area contributed by atoms with E-state index in [1.807, 2.05) is 0 Å². The molecule has 104 valence electrons. The van der Waals surface area contributed by atoms with Crippen molar-refractivity contribution in [1.82, 2.24) is 0 Å². The summed E-state index contributed by atoms with van der Waals surface area (Å²) in [5.74, 6) is -3.38. The smallest absolute Gasteiger partial charge is 0.316 e. The van der Waals surface area contributed by atoms with Crippen LogP contribution in [-0.4, -0.2) is 65.2 Å². The second-order valence-electron chi connectivity index (χ2n) is 4.59. The minimum absolute atomic E-state index is 0.166. The van der Waals surface area contributed by atoms with Gasteiger partial charge >= 0.3 is 5.97 Å². The third kappa shape index (κ3) is 1.83. The first-order valence-corrected chi connectivity index (χ1v) is 5.91. The Kier molecular flexibility index (Phi) is 3.61. The summed E-state index contributed by atoms with van der Waals surface area (Å²) in [4.78, 5) is 11.7. The van der Waals surface area contributed by atoms with Crippen molar-refractivity contribution in [1.29, 1.82) is 0 Å². The van der Waals surface area contributed by atoms with Crippen LogP contribution in [0.3, 0.4) is 0 Å². The summed E-state index contributed by atoms with van der Waals surface area (Å²) < 4.78 is 15.4. The van der Waals surface area contributed by atoms with Crippen LogP contribution in [0.25, 0.3) is 0 Å². The van der Waals surface area contributed by atoms with Gasteiger partial charge in [-0.25, -0.2) is 0 Å². The number of aliphatic hydroxyl groups excluding tert-OH is 2. The maximum absolute atomic E-state index is 11.7. The SMILES string of the molecule is CC[C@]1(O)O[C@@H]2[C@H](O)[C@@H](CO)O[C@@H]2[C@H]1C(=O)OC. The Labute approximate surface area is 104 Å². The molecule has 2 rings (SSSR count). The highest BCUT2D eigenvalue weighted by atomic mass is 16.7. The summed E-state index contributed by atoms with van der Waals surface area (Å²) in [6, 6.07) is 0. The summed E-state index contributed by atoms with van der Waals surface area (Å²) in [7, 11) is 1.21. The van der Waals surface area contributed by atoms with Gasteiger partial charge in [0.2, 0.25) is 0 Å². The second-order valence-corrected chi connectivity index (χ2v) is 4.59. The number of carbonyl (C=O) groups excluding carboxylic acids is 1. The van der Waals surface area contributed by atoms with Gasteiger partial charge in [-0.2, -0.15) is 0 Å². The maximum atomic E-state index is 11.7. The number of rotatable bonds is 3. The molecule has 2 heterocycles. The molecule has 2 fully saturated rings. The lowest BCUT2D eigenvalue weighted by molar-refractivity contribution is -0.234. The van der Waals surface area contributed by atoms with E-state index >= 15 is 0 Å². The van der Waals surface area contributed by atoms with Gasteiger partial charge in [-0.05, 0) is 6.42 Å². The molecule has 0 aromatic rings. The predicted octanol–water partition coefficient (Wildman–Crippen LogP) is -1.61. The van der Waals surface area contributed by atoms with Crippen LogP contribution < -0.4 is 0 Å². The van der Waals surface area contributed by atoms with Gasteiger partial charge in [0, 0.05) is 0 Å². The molecule has 7 nitrogen and oxygen atoms in total. The summed E-state index contributed by atoms with van der Waals surface area (Å²) in [6.07, 6.45) is -3.37. The Morgan fingerprint density at radius 3 is 2.61 bits per heavy atom. The number of fused-ring (bicyclic) bond motifs is 1. The molecule has 6 atom stereocenters. The van der Waals surface area contributed by atoms with Crippen LogP contribution in [0.1, 0.15) is 13.3 Å². The van der Waals surface area contributed by atoms with Crippen molar-refractivity contribution in [3.05, 3.63) is 0 Å². The molecule has 0 saturated carbocycles. The lowest BCUT2D eigenvalue weighted by atomic mass is 9.91. The van der Waals surface area contributed by atoms with Gasteiger partial charge in [0.1, 0.15) is 30.3 Å². The molecule has 0 amide bonds. The molecule has 3 N–H and O–H groups in total. The number of ether oxygens (including phenoxy) is 3. The number of hydrogen-bond donors (Lipinski definition) is 3. The Morgan fingerprint density at radius 1 is 1.44 bits per heavy atom. The minimum Gasteiger partial charge on any atom is -0.469 e. The van der Waals surface area contributed by atoms with E-state index < -0.39 is 42.1 Å². The first-order chi connectivity index (χ1) is 8.48. The molecule has 18 heavy (non-hydrogen) atoms. The average Bonchev–Trinajstić information content (AvgIpc) is 2.82. The quantitative estimate of drug-likeness (QED) is 0.526. The number of carbonyl (C=O) groups is 1. The van der Waals surface area contributed by atoms with Crippen molar-refractivity contribution >= 4 is 5.97 Å². The van der Waals surface area contributed by atoms with Crippen LogP contribution in [-0.2, 0) is 19.0 Å². The van der Waals surface area contributed by atoms with Crippen LogP contribution in [0, 0.1) is 5.92 Å². The standard InChI is InChI=1S/C11H18O7/c1-3-11(15)6(10(14)16-2)8-9(18-11)7(13)5(4-12)17-8/h5-9,12-13,15H,3-4H2,1-2H3/t5-,6+,7-,8-,9-,11+/m1/s1. The molecule has 0 aromatic carbocycles. The minimum atomic E-state index is -1.70. The number of esters is 1. The molecule has 0 spiro atoms. The van der Waals surface area contributed by atoms with E-state index in [1.165, 1.54) is 7.11 Å². The van der Waals surface area contributed by atoms with Crippen LogP contribution in [0.5, 0.6) is 0 Å². The van der Waals surface area contributed by atoms with Gasteiger partial charge in [-0.15, -0.1) is 0 Å². The van der Waals surface area contributed by atoms with Gasteiger partial charge in [0.25, 0.3) is 0 Å². The molecule has 0 unspecified atom stereocenters. The first kappa shape index (κ1) is 13.7. The zero-order valence-corrected chi connectivity index (χ0v) is 10.3. The molecule has 0 radical (unpaired) electrons. The van der Waals surface area contributed by atoms with Crippen molar-refractivity contribution < 1.29 is 34.3 Å². The van der Waals surface area contributed by atoms with Crippen molar-refractivity contribution in [2.75, 3.05) is 13.7 Å². The molecule has 0 bridgehead atoms. The van der Waals surface area contributed by atoms with Crippen molar-refractivity contribution in [2.45, 2.75) is 43.5 Å². The van der Waals surface area contributed by atoms with E-state index in [1.54, 1.807) is 6.92 Å². The Hall–Kier alpha value is -0.730. The lowest BCUT2D eigenvalue weighted by Crippen LogP contribution is -2.45. The fraction of sp³-hybridized carbons (Fsp3) is 0.909. The van der Waals surface area contributed by atoms with Gasteiger partial charge in [-0.3, -0.25) is 4.79 Å². The molecule has 2 aliphatic rings. The van der Waals surface area contributed by atoms with Crippen LogP contribution in [0.15, 0.2) is 0 Å². The van der Waals surface area contributed by atoms with Crippen LogP contribution in [0.4, 0.5) is 0 Å². The predicted molar refractivity (Wildman–Crippen MR) is 57.4 cm³/mol. The molecule has 2 saturated heterocycles. The highest BCUT2D eigenvalue weighted by Crippen LogP contribution is 2.45. The largest absolute Gasteiger partial charge is 0.469 e. The molecule has 2 aliphatic heterocycles. The second kappa shape index (κ2) is 4.75. The van der Waals surface area contributed by atoms with Crippen LogP contribution in [0.2, 0.25) is 0 Å². The number of aliphatic hydroxyl groups is 3. The summed E-state index contributed by atoms with van der Waals surface area (Å²) in [5, 5.41) is 29.2. The molecule has 0 aliphatic carbocycles. The summed E-state index contributed by atoms with van der Waals surface area (Å²) in [5.41, 5.74) is 0. The first-order valence-electron chi connectivity index (χ1n) is 5.91. The zero-order valence-electron chi connectivity index (χ0n) is 10.3. The highest BCUT2D eigenvalue weighted by molar-refractivity contribution is 5.75. The van der Waals surface area contributed by atoms with Gasteiger partial charge in [0.05, 0.1) is 13.7 Å². The Balaban J connectivity index is 2.27. The van der Waals surface area contributed by atoms with Gasteiger partial charge in [-0.1, -0.05) is 6.92 Å². The Bertz CT molecular complexity index is 333. The molecule has 0 aromatic heterocycles. The van der Waals surface area contributed by atoms with E-state index in [0.29, 0.717) is 0 Å². The molecule has 7 heteroatoms.